The molecule has 0 spiro atoms. The van der Waals surface area contributed by atoms with Crippen molar-refractivity contribution in [3.8, 4) is 33.6 Å². The van der Waals surface area contributed by atoms with Crippen LogP contribution in [0.25, 0.3) is 77.4 Å². The predicted molar refractivity (Wildman–Crippen MR) is 184 cm³/mol. The standard InChI is InChI=1S/C41H27N3/c1-4-13-28(14-5-1)32-23-24-33(40-34(32)20-12-26-42-40)29-22-25-38-36(27-29)39-35-19-10-11-21-37(35)43(30-15-6-2-7-16-30)41(39)44(38)31-17-8-3-9-18-31/h1-27H. The molecule has 44 heavy (non-hydrogen) atoms. The van der Waals surface area contributed by atoms with Crippen LogP contribution in [0, 0.1) is 0 Å². The quantitative estimate of drug-likeness (QED) is 0.210. The number of nitrogens with zero attached hydrogens (tertiary/aromatic N) is 3. The maximum atomic E-state index is 4.92. The van der Waals surface area contributed by atoms with Crippen molar-refractivity contribution in [1.82, 2.24) is 14.1 Å². The lowest BCUT2D eigenvalue weighted by molar-refractivity contribution is 1.07. The summed E-state index contributed by atoms with van der Waals surface area (Å²) in [5, 5.41) is 4.88. The zero-order valence-electron chi connectivity index (χ0n) is 23.9. The topological polar surface area (TPSA) is 22.8 Å². The maximum absolute atomic E-state index is 4.92. The zero-order valence-corrected chi connectivity index (χ0v) is 23.9. The maximum Gasteiger partial charge on any atom is 0.131 e. The van der Waals surface area contributed by atoms with Gasteiger partial charge in [0.25, 0.3) is 0 Å². The molecular weight excluding hydrogens is 534 g/mol. The molecule has 0 radical (unpaired) electrons. The van der Waals surface area contributed by atoms with Crippen LogP contribution in [-0.2, 0) is 0 Å². The van der Waals surface area contributed by atoms with Gasteiger partial charge in [-0.25, -0.2) is 0 Å². The highest BCUT2D eigenvalue weighted by Crippen LogP contribution is 2.43. The van der Waals surface area contributed by atoms with Gasteiger partial charge in [-0.05, 0) is 65.2 Å². The Morgan fingerprint density at radius 1 is 0.409 bits per heavy atom. The Hall–Kier alpha value is -5.93. The molecule has 0 N–H and O–H groups in total. The minimum Gasteiger partial charge on any atom is -0.295 e. The molecule has 0 atom stereocenters. The van der Waals surface area contributed by atoms with Crippen LogP contribution in [-0.4, -0.2) is 14.1 Å². The number of pyridine rings is 1. The molecule has 9 rings (SSSR count). The van der Waals surface area contributed by atoms with Crippen LogP contribution in [0.5, 0.6) is 0 Å². The van der Waals surface area contributed by atoms with E-state index in [2.05, 4.69) is 161 Å². The first kappa shape index (κ1) is 24.6. The van der Waals surface area contributed by atoms with Crippen LogP contribution in [0.2, 0.25) is 0 Å². The van der Waals surface area contributed by atoms with E-state index >= 15 is 0 Å². The van der Waals surface area contributed by atoms with Gasteiger partial charge in [-0.15, -0.1) is 0 Å². The van der Waals surface area contributed by atoms with Gasteiger partial charge in [0.2, 0.25) is 0 Å². The Balaban J connectivity index is 1.38. The third-order valence-electron chi connectivity index (χ3n) is 8.76. The molecular formula is C41H27N3. The van der Waals surface area contributed by atoms with Crippen molar-refractivity contribution in [2.24, 2.45) is 0 Å². The summed E-state index contributed by atoms with van der Waals surface area (Å²) < 4.78 is 4.82. The number of para-hydroxylation sites is 3. The summed E-state index contributed by atoms with van der Waals surface area (Å²) in [6.07, 6.45) is 1.90. The van der Waals surface area contributed by atoms with Crippen LogP contribution in [0.1, 0.15) is 0 Å². The molecule has 0 bridgehead atoms. The Bertz CT molecular complexity index is 2470. The van der Waals surface area contributed by atoms with Crippen molar-refractivity contribution in [1.29, 1.82) is 0 Å². The van der Waals surface area contributed by atoms with Crippen molar-refractivity contribution in [2.75, 3.05) is 0 Å². The molecule has 0 aliphatic carbocycles. The third kappa shape index (κ3) is 3.66. The highest BCUT2D eigenvalue weighted by atomic mass is 15.1. The van der Waals surface area contributed by atoms with Gasteiger partial charge in [0.15, 0.2) is 0 Å². The summed E-state index contributed by atoms with van der Waals surface area (Å²) >= 11 is 0. The summed E-state index contributed by atoms with van der Waals surface area (Å²) in [4.78, 5) is 4.92. The monoisotopic (exact) mass is 561 g/mol. The molecule has 0 aliphatic heterocycles. The van der Waals surface area contributed by atoms with Crippen LogP contribution in [0.3, 0.4) is 0 Å². The minimum atomic E-state index is 1.01. The van der Waals surface area contributed by atoms with Crippen molar-refractivity contribution >= 4 is 43.7 Å². The lowest BCUT2D eigenvalue weighted by atomic mass is 9.94. The van der Waals surface area contributed by atoms with Gasteiger partial charge in [0.1, 0.15) is 5.65 Å². The van der Waals surface area contributed by atoms with Crippen LogP contribution >= 0.6 is 0 Å². The van der Waals surface area contributed by atoms with E-state index in [-0.39, 0.29) is 0 Å². The lowest BCUT2D eigenvalue weighted by Crippen LogP contribution is -2.01. The van der Waals surface area contributed by atoms with Crippen molar-refractivity contribution in [2.45, 2.75) is 0 Å². The molecule has 0 saturated heterocycles. The number of rotatable bonds is 4. The Morgan fingerprint density at radius 3 is 1.73 bits per heavy atom. The second kappa shape index (κ2) is 9.82. The first-order valence-electron chi connectivity index (χ1n) is 15.0. The van der Waals surface area contributed by atoms with Gasteiger partial charge in [-0.1, -0.05) is 109 Å². The molecule has 0 saturated carbocycles. The lowest BCUT2D eigenvalue weighted by Gasteiger charge is -2.13. The molecule has 0 aliphatic rings. The Kier molecular flexibility index (Phi) is 5.50. The van der Waals surface area contributed by atoms with Gasteiger partial charge in [0.05, 0.1) is 16.6 Å². The molecule has 3 heteroatoms. The van der Waals surface area contributed by atoms with Crippen molar-refractivity contribution in [3.63, 3.8) is 0 Å². The number of hydrogen-bond acceptors (Lipinski definition) is 1. The van der Waals surface area contributed by atoms with Crippen molar-refractivity contribution < 1.29 is 0 Å². The number of aromatic nitrogens is 3. The summed E-state index contributed by atoms with van der Waals surface area (Å²) in [7, 11) is 0. The van der Waals surface area contributed by atoms with E-state index in [0.29, 0.717) is 0 Å². The molecule has 9 aromatic rings. The van der Waals surface area contributed by atoms with Gasteiger partial charge in [0, 0.05) is 44.7 Å². The van der Waals surface area contributed by atoms with Crippen LogP contribution in [0.15, 0.2) is 164 Å². The molecule has 3 heterocycles. The van der Waals surface area contributed by atoms with E-state index in [1.54, 1.807) is 0 Å². The van der Waals surface area contributed by atoms with Crippen LogP contribution in [0.4, 0.5) is 0 Å². The number of hydrogen-bond donors (Lipinski definition) is 0. The largest absolute Gasteiger partial charge is 0.295 e. The van der Waals surface area contributed by atoms with Gasteiger partial charge < -0.3 is 0 Å². The minimum absolute atomic E-state index is 1.01. The first-order valence-corrected chi connectivity index (χ1v) is 15.0. The van der Waals surface area contributed by atoms with E-state index in [9.17, 15) is 0 Å². The molecule has 0 unspecified atom stereocenters. The molecule has 6 aromatic carbocycles. The highest BCUT2D eigenvalue weighted by molar-refractivity contribution is 6.23. The summed E-state index contributed by atoms with van der Waals surface area (Å²) in [6, 6.07) is 56.3. The van der Waals surface area contributed by atoms with Gasteiger partial charge >= 0.3 is 0 Å². The van der Waals surface area contributed by atoms with Crippen molar-refractivity contribution in [3.05, 3.63) is 164 Å². The second-order valence-electron chi connectivity index (χ2n) is 11.2. The average molecular weight is 562 g/mol. The molecule has 0 amide bonds. The SMILES string of the molecule is c1ccc(-c2ccc(-c3ccc4c(c3)c3c5ccccc5n(-c5ccccc5)c3n4-c3ccccc3)c3ncccc23)cc1. The van der Waals surface area contributed by atoms with Gasteiger partial charge in [-0.2, -0.15) is 0 Å². The Morgan fingerprint density at radius 2 is 1.00 bits per heavy atom. The fraction of sp³-hybridized carbons (Fsp3) is 0. The molecule has 3 aromatic heterocycles. The first-order chi connectivity index (χ1) is 21.9. The number of benzene rings is 6. The highest BCUT2D eigenvalue weighted by Gasteiger charge is 2.22. The fourth-order valence-electron chi connectivity index (χ4n) is 6.87. The molecule has 3 nitrogen and oxygen atoms in total. The van der Waals surface area contributed by atoms with E-state index in [0.717, 1.165) is 39.1 Å². The average Bonchev–Trinajstić information content (AvgIpc) is 3.61. The molecule has 0 fully saturated rings. The summed E-state index contributed by atoms with van der Waals surface area (Å²) in [5.41, 5.74) is 11.5. The smallest absolute Gasteiger partial charge is 0.131 e. The second-order valence-corrected chi connectivity index (χ2v) is 11.2. The third-order valence-corrected chi connectivity index (χ3v) is 8.76. The zero-order chi connectivity index (χ0) is 29.0. The summed E-state index contributed by atoms with van der Waals surface area (Å²) in [5.74, 6) is 0. The fourth-order valence-corrected chi connectivity index (χ4v) is 6.87. The predicted octanol–water partition coefficient (Wildman–Crippen LogP) is 10.6. The van der Waals surface area contributed by atoms with E-state index < -0.39 is 0 Å². The van der Waals surface area contributed by atoms with E-state index in [1.807, 2.05) is 12.3 Å². The Labute approximate surface area is 254 Å². The van der Waals surface area contributed by atoms with E-state index in [4.69, 9.17) is 4.98 Å². The van der Waals surface area contributed by atoms with Gasteiger partial charge in [-0.3, -0.25) is 14.1 Å². The van der Waals surface area contributed by atoms with E-state index in [1.165, 1.54) is 38.3 Å². The molecule has 206 valence electrons. The number of fused-ring (bicyclic) bond motifs is 6. The van der Waals surface area contributed by atoms with Crippen LogP contribution < -0.4 is 0 Å². The summed E-state index contributed by atoms with van der Waals surface area (Å²) in [6.45, 7) is 0. The normalized spacial score (nSPS) is 11.6.